The molecule has 4 heteroatoms. The Morgan fingerprint density at radius 3 is 2.57 bits per heavy atom. The Labute approximate surface area is 84.4 Å². The van der Waals surface area contributed by atoms with Crippen molar-refractivity contribution < 1.29 is 9.53 Å². The molecule has 0 aromatic heterocycles. The van der Waals surface area contributed by atoms with Crippen LogP contribution in [0.2, 0.25) is 0 Å². The average molecular weight is 198 g/mol. The first-order chi connectivity index (χ1) is 6.70. The van der Waals surface area contributed by atoms with Crippen LogP contribution < -0.4 is 10.6 Å². The lowest BCUT2D eigenvalue weighted by atomic mass is 9.92. The topological polar surface area (TPSA) is 50.4 Å². The molecule has 0 radical (unpaired) electrons. The fraction of sp³-hybridized carbons (Fsp3) is 0.900. The number of nitrogens with one attached hydrogen (secondary N) is 2. The van der Waals surface area contributed by atoms with Crippen LogP contribution in [-0.2, 0) is 9.53 Å². The lowest BCUT2D eigenvalue weighted by molar-refractivity contribution is -0.130. The Hall–Kier alpha value is -0.610. The average Bonchev–Trinajstić information content (AvgIpc) is 2.17. The van der Waals surface area contributed by atoms with E-state index >= 15 is 0 Å². The molecular formula is C10H18N2O2. The number of carbonyl (C=O) groups is 1. The maximum absolute atomic E-state index is 11.8. The van der Waals surface area contributed by atoms with Gasteiger partial charge in [-0.15, -0.1) is 0 Å². The molecule has 2 aliphatic rings. The Bertz CT molecular complexity index is 220. The van der Waals surface area contributed by atoms with Gasteiger partial charge in [-0.25, -0.2) is 0 Å². The van der Waals surface area contributed by atoms with E-state index < -0.39 is 0 Å². The van der Waals surface area contributed by atoms with Crippen molar-refractivity contribution in [2.75, 3.05) is 26.3 Å². The largest absolute Gasteiger partial charge is 0.381 e. The lowest BCUT2D eigenvalue weighted by Crippen LogP contribution is -2.67. The minimum atomic E-state index is -0.00458. The van der Waals surface area contributed by atoms with E-state index in [1.165, 1.54) is 0 Å². The van der Waals surface area contributed by atoms with Gasteiger partial charge in [0.2, 0.25) is 5.91 Å². The molecule has 2 fully saturated rings. The third kappa shape index (κ3) is 2.07. The van der Waals surface area contributed by atoms with Gasteiger partial charge in [0.1, 0.15) is 0 Å². The summed E-state index contributed by atoms with van der Waals surface area (Å²) >= 11 is 0. The number of hydrogen-bond acceptors (Lipinski definition) is 3. The summed E-state index contributed by atoms with van der Waals surface area (Å²) < 4.78 is 5.23. The van der Waals surface area contributed by atoms with Gasteiger partial charge in [-0.3, -0.25) is 4.79 Å². The number of ether oxygens (including phenoxy) is 1. The monoisotopic (exact) mass is 198 g/mol. The molecule has 4 nitrogen and oxygen atoms in total. The van der Waals surface area contributed by atoms with Crippen LogP contribution in [-0.4, -0.2) is 37.7 Å². The first-order valence-electron chi connectivity index (χ1n) is 5.30. The van der Waals surface area contributed by atoms with E-state index in [1.807, 2.05) is 0 Å². The molecule has 1 amide bonds. The second-order valence-corrected chi connectivity index (χ2v) is 4.54. The molecule has 2 rings (SSSR count). The van der Waals surface area contributed by atoms with Crippen molar-refractivity contribution in [3.05, 3.63) is 0 Å². The molecule has 2 N–H and O–H groups in total. The molecular weight excluding hydrogens is 180 g/mol. The van der Waals surface area contributed by atoms with Gasteiger partial charge in [0.15, 0.2) is 0 Å². The van der Waals surface area contributed by atoms with Crippen LogP contribution in [0.25, 0.3) is 0 Å². The highest BCUT2D eigenvalue weighted by Gasteiger charge is 2.35. The number of hydrogen-bond donors (Lipinski definition) is 2. The van der Waals surface area contributed by atoms with Gasteiger partial charge >= 0.3 is 0 Å². The Morgan fingerprint density at radius 1 is 1.43 bits per heavy atom. The van der Waals surface area contributed by atoms with Crippen molar-refractivity contribution in [2.24, 2.45) is 5.92 Å². The molecule has 0 aromatic carbocycles. The smallest absolute Gasteiger partial charge is 0.223 e. The lowest BCUT2D eigenvalue weighted by Gasteiger charge is -2.41. The number of carbonyl (C=O) groups excluding carboxylic acids is 1. The highest BCUT2D eigenvalue weighted by molar-refractivity contribution is 5.79. The molecule has 0 aromatic rings. The summed E-state index contributed by atoms with van der Waals surface area (Å²) in [4.78, 5) is 11.8. The van der Waals surface area contributed by atoms with Gasteiger partial charge in [-0.1, -0.05) is 0 Å². The van der Waals surface area contributed by atoms with Crippen LogP contribution in [0.3, 0.4) is 0 Å². The van der Waals surface area contributed by atoms with Crippen molar-refractivity contribution in [3.8, 4) is 0 Å². The van der Waals surface area contributed by atoms with Crippen LogP contribution in [0.4, 0.5) is 0 Å². The van der Waals surface area contributed by atoms with E-state index in [4.69, 9.17) is 4.74 Å². The summed E-state index contributed by atoms with van der Waals surface area (Å²) in [5, 5.41) is 6.28. The molecule has 0 spiro atoms. The standard InChI is InChI=1S/C10H18N2O2/c1-10(6-11-7-10)12-9(13)8-2-4-14-5-3-8/h8,11H,2-7H2,1H3,(H,12,13). The van der Waals surface area contributed by atoms with Gasteiger partial charge in [0.25, 0.3) is 0 Å². The van der Waals surface area contributed by atoms with Crippen LogP contribution in [0, 0.1) is 5.92 Å². The molecule has 0 unspecified atom stereocenters. The van der Waals surface area contributed by atoms with Gasteiger partial charge in [-0.2, -0.15) is 0 Å². The molecule has 0 aliphatic carbocycles. The van der Waals surface area contributed by atoms with Crippen LogP contribution >= 0.6 is 0 Å². The van der Waals surface area contributed by atoms with E-state index in [0.717, 1.165) is 39.1 Å². The summed E-state index contributed by atoms with van der Waals surface area (Å²) in [5.41, 5.74) is -0.00458. The zero-order valence-electron chi connectivity index (χ0n) is 8.64. The number of rotatable bonds is 2. The molecule has 80 valence electrons. The van der Waals surface area contributed by atoms with E-state index in [2.05, 4.69) is 17.6 Å². The SMILES string of the molecule is CC1(NC(=O)C2CCOCC2)CNC1. The molecule has 2 heterocycles. The fourth-order valence-corrected chi connectivity index (χ4v) is 1.95. The summed E-state index contributed by atoms with van der Waals surface area (Å²) in [6, 6.07) is 0. The first-order valence-corrected chi connectivity index (χ1v) is 5.30. The van der Waals surface area contributed by atoms with Crippen LogP contribution in [0.1, 0.15) is 19.8 Å². The van der Waals surface area contributed by atoms with Crippen LogP contribution in [0.15, 0.2) is 0 Å². The molecule has 14 heavy (non-hydrogen) atoms. The van der Waals surface area contributed by atoms with E-state index in [9.17, 15) is 4.79 Å². The van der Waals surface area contributed by atoms with Crippen LogP contribution in [0.5, 0.6) is 0 Å². The van der Waals surface area contributed by atoms with Gasteiger partial charge in [0, 0.05) is 32.2 Å². The van der Waals surface area contributed by atoms with Crippen molar-refractivity contribution in [1.29, 1.82) is 0 Å². The molecule has 2 aliphatic heterocycles. The Kier molecular flexibility index (Phi) is 2.74. The maximum Gasteiger partial charge on any atom is 0.223 e. The quantitative estimate of drug-likeness (QED) is 0.651. The third-order valence-electron chi connectivity index (χ3n) is 3.05. The summed E-state index contributed by atoms with van der Waals surface area (Å²) in [7, 11) is 0. The normalized spacial score (nSPS) is 26.6. The summed E-state index contributed by atoms with van der Waals surface area (Å²) in [6.45, 7) is 5.32. The fourth-order valence-electron chi connectivity index (χ4n) is 1.95. The van der Waals surface area contributed by atoms with Crippen molar-refractivity contribution in [1.82, 2.24) is 10.6 Å². The van der Waals surface area contributed by atoms with E-state index in [0.29, 0.717) is 0 Å². The highest BCUT2D eigenvalue weighted by Crippen LogP contribution is 2.17. The summed E-state index contributed by atoms with van der Waals surface area (Å²) in [5.74, 6) is 0.374. The zero-order chi connectivity index (χ0) is 10.0. The second-order valence-electron chi connectivity index (χ2n) is 4.54. The molecule has 0 bridgehead atoms. The predicted octanol–water partition coefficient (Wildman–Crippen LogP) is -0.109. The molecule has 0 atom stereocenters. The minimum Gasteiger partial charge on any atom is -0.381 e. The molecule has 2 saturated heterocycles. The van der Waals surface area contributed by atoms with E-state index in [1.54, 1.807) is 0 Å². The molecule has 0 saturated carbocycles. The van der Waals surface area contributed by atoms with Gasteiger partial charge in [-0.05, 0) is 19.8 Å². The van der Waals surface area contributed by atoms with Crippen molar-refractivity contribution in [3.63, 3.8) is 0 Å². The minimum absolute atomic E-state index is 0.00458. The second kappa shape index (κ2) is 3.87. The van der Waals surface area contributed by atoms with Crippen molar-refractivity contribution >= 4 is 5.91 Å². The Morgan fingerprint density at radius 2 is 2.07 bits per heavy atom. The predicted molar refractivity (Wildman–Crippen MR) is 53.0 cm³/mol. The zero-order valence-corrected chi connectivity index (χ0v) is 8.64. The maximum atomic E-state index is 11.8. The van der Waals surface area contributed by atoms with Gasteiger partial charge in [0.05, 0.1) is 5.54 Å². The van der Waals surface area contributed by atoms with E-state index in [-0.39, 0.29) is 17.4 Å². The number of amides is 1. The van der Waals surface area contributed by atoms with Gasteiger partial charge < -0.3 is 15.4 Å². The third-order valence-corrected chi connectivity index (χ3v) is 3.05. The Balaban J connectivity index is 1.81. The van der Waals surface area contributed by atoms with Crippen molar-refractivity contribution in [2.45, 2.75) is 25.3 Å². The first kappa shape index (κ1) is 9.93. The highest BCUT2D eigenvalue weighted by atomic mass is 16.5. The summed E-state index contributed by atoms with van der Waals surface area (Å²) in [6.07, 6.45) is 1.74.